The van der Waals surface area contributed by atoms with Gasteiger partial charge in [-0.05, 0) is 66.5 Å². The molecule has 1 aliphatic rings. The SMILES string of the molecule is N#COc1ccc([C@@H]2CCC[C@H](c3ccc(OC#N)cc3)C2)cc1. The lowest BCUT2D eigenvalue weighted by molar-refractivity contribution is 0.393. The fraction of sp³-hybridized carbons (Fsp3) is 0.300. The molecule has 3 rings (SSSR count). The summed E-state index contributed by atoms with van der Waals surface area (Å²) in [7, 11) is 0. The van der Waals surface area contributed by atoms with Gasteiger partial charge >= 0.3 is 0 Å². The Labute approximate surface area is 141 Å². The second kappa shape index (κ2) is 7.53. The molecule has 0 aromatic heterocycles. The minimum Gasteiger partial charge on any atom is -0.388 e. The fourth-order valence-corrected chi connectivity index (χ4v) is 3.52. The van der Waals surface area contributed by atoms with E-state index in [1.165, 1.54) is 30.4 Å². The first kappa shape index (κ1) is 15.9. The number of nitriles is 2. The number of rotatable bonds is 4. The first-order chi connectivity index (χ1) is 11.8. The highest BCUT2D eigenvalue weighted by Gasteiger charge is 2.24. The zero-order chi connectivity index (χ0) is 16.8. The van der Waals surface area contributed by atoms with Crippen LogP contribution < -0.4 is 9.47 Å². The average Bonchev–Trinajstić information content (AvgIpc) is 2.64. The van der Waals surface area contributed by atoms with Crippen molar-refractivity contribution in [2.45, 2.75) is 37.5 Å². The van der Waals surface area contributed by atoms with E-state index in [0.29, 0.717) is 23.3 Å². The summed E-state index contributed by atoms with van der Waals surface area (Å²) in [5.41, 5.74) is 2.60. The summed E-state index contributed by atoms with van der Waals surface area (Å²) in [6.45, 7) is 0. The van der Waals surface area contributed by atoms with E-state index in [9.17, 15) is 0 Å². The average molecular weight is 318 g/mol. The standard InChI is InChI=1S/C20H18N2O2/c21-13-23-19-8-4-15(5-9-19)17-2-1-3-18(12-17)16-6-10-20(11-7-16)24-14-22/h4-11,17-18H,1-3,12H2/t17-,18+. The van der Waals surface area contributed by atoms with Crippen LogP contribution in [0.3, 0.4) is 0 Å². The van der Waals surface area contributed by atoms with Crippen molar-refractivity contribution >= 4 is 0 Å². The van der Waals surface area contributed by atoms with Crippen molar-refractivity contribution in [2.75, 3.05) is 0 Å². The van der Waals surface area contributed by atoms with E-state index >= 15 is 0 Å². The van der Waals surface area contributed by atoms with Crippen LogP contribution in [0.4, 0.5) is 0 Å². The van der Waals surface area contributed by atoms with Gasteiger partial charge in [-0.2, -0.15) is 0 Å². The Hall–Kier alpha value is -2.98. The molecule has 0 bridgehead atoms. The Morgan fingerprint density at radius 1 is 0.708 bits per heavy atom. The van der Waals surface area contributed by atoms with Crippen LogP contribution in [0.5, 0.6) is 11.5 Å². The third kappa shape index (κ3) is 3.67. The minimum atomic E-state index is 0.523. The maximum Gasteiger partial charge on any atom is 0.292 e. The Balaban J connectivity index is 1.69. The van der Waals surface area contributed by atoms with Crippen molar-refractivity contribution in [3.05, 3.63) is 59.7 Å². The van der Waals surface area contributed by atoms with Gasteiger partial charge in [0.25, 0.3) is 12.5 Å². The molecule has 0 aliphatic heterocycles. The van der Waals surface area contributed by atoms with Crippen LogP contribution in [0.2, 0.25) is 0 Å². The van der Waals surface area contributed by atoms with Crippen molar-refractivity contribution in [3.63, 3.8) is 0 Å². The first-order valence-electron chi connectivity index (χ1n) is 8.12. The van der Waals surface area contributed by atoms with E-state index in [1.807, 2.05) is 24.3 Å². The molecular formula is C20H18N2O2. The fourth-order valence-electron chi connectivity index (χ4n) is 3.52. The highest BCUT2D eigenvalue weighted by atomic mass is 16.5. The quantitative estimate of drug-likeness (QED) is 0.756. The van der Waals surface area contributed by atoms with Gasteiger partial charge in [-0.1, -0.05) is 30.7 Å². The maximum atomic E-state index is 8.55. The molecule has 0 spiro atoms. The van der Waals surface area contributed by atoms with E-state index < -0.39 is 0 Å². The molecule has 0 saturated heterocycles. The number of benzene rings is 2. The van der Waals surface area contributed by atoms with Crippen LogP contribution in [-0.4, -0.2) is 0 Å². The van der Waals surface area contributed by atoms with Gasteiger partial charge in [-0.3, -0.25) is 0 Å². The zero-order valence-electron chi connectivity index (χ0n) is 13.3. The monoisotopic (exact) mass is 318 g/mol. The molecule has 0 amide bonds. The van der Waals surface area contributed by atoms with Gasteiger partial charge in [0.1, 0.15) is 11.5 Å². The number of hydrogen-bond acceptors (Lipinski definition) is 4. The molecule has 120 valence electrons. The molecule has 0 radical (unpaired) electrons. The van der Waals surface area contributed by atoms with E-state index in [2.05, 4.69) is 24.3 Å². The molecule has 0 heterocycles. The second-order valence-corrected chi connectivity index (χ2v) is 6.09. The highest BCUT2D eigenvalue weighted by Crippen LogP contribution is 2.41. The second-order valence-electron chi connectivity index (χ2n) is 6.09. The molecule has 2 aromatic carbocycles. The minimum absolute atomic E-state index is 0.523. The van der Waals surface area contributed by atoms with Crippen LogP contribution in [0.25, 0.3) is 0 Å². The van der Waals surface area contributed by atoms with Gasteiger partial charge in [0, 0.05) is 0 Å². The van der Waals surface area contributed by atoms with E-state index in [0.717, 1.165) is 6.42 Å². The Bertz CT molecular complexity index is 689. The summed E-state index contributed by atoms with van der Waals surface area (Å²) in [6.07, 6.45) is 8.06. The maximum absolute atomic E-state index is 8.55. The van der Waals surface area contributed by atoms with Crippen molar-refractivity contribution in [2.24, 2.45) is 0 Å². The normalized spacial score (nSPS) is 19.8. The largest absolute Gasteiger partial charge is 0.388 e. The highest BCUT2D eigenvalue weighted by molar-refractivity contribution is 5.33. The van der Waals surface area contributed by atoms with E-state index in [4.69, 9.17) is 20.0 Å². The van der Waals surface area contributed by atoms with Crippen LogP contribution >= 0.6 is 0 Å². The van der Waals surface area contributed by atoms with Crippen LogP contribution in [0.1, 0.15) is 48.6 Å². The summed E-state index contributed by atoms with van der Waals surface area (Å²) in [6, 6.07) is 15.7. The summed E-state index contributed by atoms with van der Waals surface area (Å²) in [4.78, 5) is 0. The molecule has 4 heteroatoms. The molecule has 1 fully saturated rings. The molecule has 0 unspecified atom stereocenters. The van der Waals surface area contributed by atoms with Gasteiger partial charge in [0.05, 0.1) is 0 Å². The lowest BCUT2D eigenvalue weighted by Gasteiger charge is -2.30. The van der Waals surface area contributed by atoms with Crippen molar-refractivity contribution < 1.29 is 9.47 Å². The van der Waals surface area contributed by atoms with Crippen LogP contribution in [0, 0.1) is 23.0 Å². The van der Waals surface area contributed by atoms with Crippen LogP contribution in [0.15, 0.2) is 48.5 Å². The molecule has 1 saturated carbocycles. The molecule has 0 N–H and O–H groups in total. The first-order valence-corrected chi connectivity index (χ1v) is 8.12. The Morgan fingerprint density at radius 3 is 1.50 bits per heavy atom. The Morgan fingerprint density at radius 2 is 1.12 bits per heavy atom. The molecule has 24 heavy (non-hydrogen) atoms. The predicted molar refractivity (Wildman–Crippen MR) is 89.3 cm³/mol. The molecular weight excluding hydrogens is 300 g/mol. The van der Waals surface area contributed by atoms with E-state index in [1.54, 1.807) is 12.5 Å². The molecule has 4 nitrogen and oxygen atoms in total. The predicted octanol–water partition coefficient (Wildman–Crippen LogP) is 4.85. The smallest absolute Gasteiger partial charge is 0.292 e. The van der Waals surface area contributed by atoms with Gasteiger partial charge in [0.2, 0.25) is 0 Å². The topological polar surface area (TPSA) is 66.0 Å². The van der Waals surface area contributed by atoms with Crippen molar-refractivity contribution in [3.8, 4) is 24.0 Å². The summed E-state index contributed by atoms with van der Waals surface area (Å²) < 4.78 is 9.68. The number of hydrogen-bond donors (Lipinski definition) is 0. The summed E-state index contributed by atoms with van der Waals surface area (Å²) in [5, 5.41) is 17.1. The lowest BCUT2D eigenvalue weighted by atomic mass is 9.75. The molecule has 1 aliphatic carbocycles. The number of ether oxygens (including phenoxy) is 2. The lowest BCUT2D eigenvalue weighted by Crippen LogP contribution is -2.13. The van der Waals surface area contributed by atoms with Gasteiger partial charge < -0.3 is 9.47 Å². The van der Waals surface area contributed by atoms with E-state index in [-0.39, 0.29) is 0 Å². The van der Waals surface area contributed by atoms with Crippen LogP contribution in [-0.2, 0) is 0 Å². The van der Waals surface area contributed by atoms with Gasteiger partial charge in [-0.25, -0.2) is 0 Å². The van der Waals surface area contributed by atoms with Crippen molar-refractivity contribution in [1.29, 1.82) is 10.5 Å². The molecule has 2 atom stereocenters. The summed E-state index contributed by atoms with van der Waals surface area (Å²) >= 11 is 0. The zero-order valence-corrected chi connectivity index (χ0v) is 13.3. The molecule has 2 aromatic rings. The third-order valence-corrected chi connectivity index (χ3v) is 4.70. The Kier molecular flexibility index (Phi) is 4.99. The van der Waals surface area contributed by atoms with Gasteiger partial charge in [0.15, 0.2) is 0 Å². The third-order valence-electron chi connectivity index (χ3n) is 4.70. The van der Waals surface area contributed by atoms with Crippen molar-refractivity contribution in [1.82, 2.24) is 0 Å². The van der Waals surface area contributed by atoms with Gasteiger partial charge in [-0.15, -0.1) is 10.5 Å². The summed E-state index contributed by atoms with van der Waals surface area (Å²) in [5.74, 6) is 2.22. The number of nitrogens with zero attached hydrogens (tertiary/aromatic N) is 2.